The summed E-state index contributed by atoms with van der Waals surface area (Å²) in [5, 5.41) is 10.8. The summed E-state index contributed by atoms with van der Waals surface area (Å²) >= 11 is 1.05. The van der Waals surface area contributed by atoms with Crippen molar-refractivity contribution in [2.24, 2.45) is 0 Å². The second-order valence-electron chi connectivity index (χ2n) is 3.80. The molecule has 0 aliphatic carbocycles. The van der Waals surface area contributed by atoms with E-state index in [0.29, 0.717) is 4.90 Å². The molecule has 0 unspecified atom stereocenters. The fourth-order valence-electron chi connectivity index (χ4n) is 1.31. The van der Waals surface area contributed by atoms with Crippen molar-refractivity contribution in [3.8, 4) is 6.07 Å². The normalized spacial score (nSPS) is 10.9. The van der Waals surface area contributed by atoms with E-state index >= 15 is 0 Å². The Morgan fingerprint density at radius 1 is 1.45 bits per heavy atom. The van der Waals surface area contributed by atoms with Gasteiger partial charge in [0.1, 0.15) is 0 Å². The van der Waals surface area contributed by atoms with E-state index < -0.39 is 11.7 Å². The molecular weight excluding hydrogens is 291 g/mol. The fraction of sp³-hybridized carbons (Fsp3) is 0.333. The number of halogens is 3. The first-order valence-corrected chi connectivity index (χ1v) is 6.56. The van der Waals surface area contributed by atoms with Crippen molar-refractivity contribution < 1.29 is 18.0 Å². The zero-order valence-electron chi connectivity index (χ0n) is 10.3. The first-order valence-electron chi connectivity index (χ1n) is 5.57. The van der Waals surface area contributed by atoms with Crippen LogP contribution in [-0.2, 0) is 11.0 Å². The molecule has 0 atom stereocenters. The number of nitrogens with zero attached hydrogens (tertiary/aromatic N) is 1. The number of rotatable bonds is 5. The standard InChI is InChI=1S/C12H12F3N3OS/c13-12(14,15)8-2-3-10(9(17)6-8)20-7-11(19)18-5-1-4-16/h2-3,6H,1,5,7,17H2,(H,18,19). The van der Waals surface area contributed by atoms with Gasteiger partial charge < -0.3 is 11.1 Å². The van der Waals surface area contributed by atoms with Crippen molar-refractivity contribution in [2.45, 2.75) is 17.5 Å². The van der Waals surface area contributed by atoms with E-state index in [1.165, 1.54) is 6.07 Å². The number of nitrogens with one attached hydrogen (secondary N) is 1. The minimum atomic E-state index is -4.44. The molecule has 0 fully saturated rings. The van der Waals surface area contributed by atoms with Crippen LogP contribution < -0.4 is 11.1 Å². The van der Waals surface area contributed by atoms with Crippen LogP contribution in [0.25, 0.3) is 0 Å². The number of carbonyl (C=O) groups excluding carboxylic acids is 1. The molecule has 0 bridgehead atoms. The largest absolute Gasteiger partial charge is 0.416 e. The number of thioether (sulfide) groups is 1. The van der Waals surface area contributed by atoms with Gasteiger partial charge in [0.05, 0.1) is 23.8 Å². The van der Waals surface area contributed by atoms with Gasteiger partial charge in [0.15, 0.2) is 0 Å². The third-order valence-electron chi connectivity index (χ3n) is 2.25. The molecule has 0 aliphatic heterocycles. The lowest BCUT2D eigenvalue weighted by Gasteiger charge is -2.10. The summed E-state index contributed by atoms with van der Waals surface area (Å²) in [6, 6.07) is 4.89. The van der Waals surface area contributed by atoms with Crippen LogP contribution in [0.2, 0.25) is 0 Å². The van der Waals surface area contributed by atoms with Crippen LogP contribution >= 0.6 is 11.8 Å². The van der Waals surface area contributed by atoms with Crippen LogP contribution in [0.15, 0.2) is 23.1 Å². The number of carbonyl (C=O) groups is 1. The molecule has 3 N–H and O–H groups in total. The van der Waals surface area contributed by atoms with Crippen LogP contribution in [0.5, 0.6) is 0 Å². The SMILES string of the molecule is N#CCCNC(=O)CSc1ccc(C(F)(F)F)cc1N. The highest BCUT2D eigenvalue weighted by Gasteiger charge is 2.30. The number of hydrogen-bond acceptors (Lipinski definition) is 4. The van der Waals surface area contributed by atoms with Crippen LogP contribution in [0.4, 0.5) is 18.9 Å². The van der Waals surface area contributed by atoms with E-state index in [-0.39, 0.29) is 30.3 Å². The van der Waals surface area contributed by atoms with Gasteiger partial charge in [-0.15, -0.1) is 11.8 Å². The molecule has 4 nitrogen and oxygen atoms in total. The number of anilines is 1. The second kappa shape index (κ2) is 7.05. The lowest BCUT2D eigenvalue weighted by molar-refractivity contribution is -0.137. The molecule has 1 amide bonds. The molecule has 0 aliphatic rings. The van der Waals surface area contributed by atoms with Gasteiger partial charge in [0.25, 0.3) is 0 Å². The minimum Gasteiger partial charge on any atom is -0.398 e. The second-order valence-corrected chi connectivity index (χ2v) is 4.81. The zero-order valence-corrected chi connectivity index (χ0v) is 11.1. The molecule has 108 valence electrons. The maximum Gasteiger partial charge on any atom is 0.416 e. The lowest BCUT2D eigenvalue weighted by atomic mass is 10.2. The van der Waals surface area contributed by atoms with Crippen LogP contribution in [0.3, 0.4) is 0 Å². The maximum atomic E-state index is 12.4. The van der Waals surface area contributed by atoms with Crippen molar-refractivity contribution in [1.82, 2.24) is 5.32 Å². The van der Waals surface area contributed by atoms with Gasteiger partial charge in [-0.3, -0.25) is 4.79 Å². The van der Waals surface area contributed by atoms with E-state index in [0.717, 1.165) is 23.9 Å². The van der Waals surface area contributed by atoms with Gasteiger partial charge in [-0.1, -0.05) is 0 Å². The predicted molar refractivity (Wildman–Crippen MR) is 69.8 cm³/mol. The highest BCUT2D eigenvalue weighted by Crippen LogP contribution is 2.34. The van der Waals surface area contributed by atoms with E-state index in [1.807, 2.05) is 6.07 Å². The molecule has 0 radical (unpaired) electrons. The molecule has 1 rings (SSSR count). The quantitative estimate of drug-likeness (QED) is 0.497. The summed E-state index contributed by atoms with van der Waals surface area (Å²) in [6.07, 6.45) is -4.23. The summed E-state index contributed by atoms with van der Waals surface area (Å²) in [7, 11) is 0. The van der Waals surface area contributed by atoms with Crippen molar-refractivity contribution in [3.63, 3.8) is 0 Å². The molecular formula is C12H12F3N3OS. The topological polar surface area (TPSA) is 78.9 Å². The Hall–Kier alpha value is -1.88. The predicted octanol–water partition coefficient (Wildman–Crippen LogP) is 2.41. The minimum absolute atomic E-state index is 0.0188. The molecule has 0 saturated carbocycles. The molecule has 0 aromatic heterocycles. The highest BCUT2D eigenvalue weighted by atomic mass is 32.2. The molecule has 1 aromatic carbocycles. The summed E-state index contributed by atoms with van der Waals surface area (Å²) in [6.45, 7) is 0.248. The fourth-order valence-corrected chi connectivity index (χ4v) is 2.09. The van der Waals surface area contributed by atoms with Crippen LogP contribution in [-0.4, -0.2) is 18.2 Å². The van der Waals surface area contributed by atoms with Crippen molar-refractivity contribution in [3.05, 3.63) is 23.8 Å². The molecule has 0 heterocycles. The average Bonchev–Trinajstić information content (AvgIpc) is 2.36. The monoisotopic (exact) mass is 303 g/mol. The van der Waals surface area contributed by atoms with Gasteiger partial charge in [-0.25, -0.2) is 0 Å². The average molecular weight is 303 g/mol. The Kier molecular flexibility index (Phi) is 5.70. The Bertz CT molecular complexity index is 526. The van der Waals surface area contributed by atoms with Crippen molar-refractivity contribution >= 4 is 23.4 Å². The van der Waals surface area contributed by atoms with Gasteiger partial charge in [-0.05, 0) is 18.2 Å². The van der Waals surface area contributed by atoms with E-state index in [2.05, 4.69) is 5.32 Å². The molecule has 1 aromatic rings. The van der Waals surface area contributed by atoms with Gasteiger partial charge in [-0.2, -0.15) is 18.4 Å². The number of alkyl halides is 3. The molecule has 0 saturated heterocycles. The lowest BCUT2D eigenvalue weighted by Crippen LogP contribution is -2.25. The van der Waals surface area contributed by atoms with Gasteiger partial charge >= 0.3 is 6.18 Å². The molecule has 20 heavy (non-hydrogen) atoms. The Labute approximate surface area is 118 Å². The van der Waals surface area contributed by atoms with Crippen LogP contribution in [0, 0.1) is 11.3 Å². The van der Waals surface area contributed by atoms with E-state index in [4.69, 9.17) is 11.0 Å². The van der Waals surface area contributed by atoms with E-state index in [1.54, 1.807) is 0 Å². The Morgan fingerprint density at radius 2 is 2.15 bits per heavy atom. The highest BCUT2D eigenvalue weighted by molar-refractivity contribution is 8.00. The van der Waals surface area contributed by atoms with Gasteiger partial charge in [0.2, 0.25) is 5.91 Å². The Morgan fingerprint density at radius 3 is 2.70 bits per heavy atom. The zero-order chi connectivity index (χ0) is 15.2. The van der Waals surface area contributed by atoms with Crippen LogP contribution in [0.1, 0.15) is 12.0 Å². The molecule has 0 spiro atoms. The third kappa shape index (κ3) is 5.01. The number of nitrogen functional groups attached to an aromatic ring is 1. The molecule has 8 heteroatoms. The third-order valence-corrected chi connectivity index (χ3v) is 3.34. The summed E-state index contributed by atoms with van der Waals surface area (Å²) in [5.74, 6) is -0.273. The number of hydrogen-bond donors (Lipinski definition) is 2. The summed E-state index contributed by atoms with van der Waals surface area (Å²) < 4.78 is 37.3. The smallest absolute Gasteiger partial charge is 0.398 e. The Balaban J connectivity index is 2.57. The summed E-state index contributed by atoms with van der Waals surface area (Å²) in [5.41, 5.74) is 4.69. The number of amides is 1. The van der Waals surface area contributed by atoms with Crippen molar-refractivity contribution in [1.29, 1.82) is 5.26 Å². The first kappa shape index (κ1) is 16.2. The number of benzene rings is 1. The number of nitrogens with two attached hydrogens (primary N) is 1. The van der Waals surface area contributed by atoms with Crippen molar-refractivity contribution in [2.75, 3.05) is 18.0 Å². The first-order chi connectivity index (χ1) is 9.34. The summed E-state index contributed by atoms with van der Waals surface area (Å²) in [4.78, 5) is 11.8. The maximum absolute atomic E-state index is 12.4. The van der Waals surface area contributed by atoms with Gasteiger partial charge in [0, 0.05) is 17.1 Å². The van der Waals surface area contributed by atoms with E-state index in [9.17, 15) is 18.0 Å². The number of nitriles is 1.